The fourth-order valence-corrected chi connectivity index (χ4v) is 2.77. The van der Waals surface area contributed by atoms with Gasteiger partial charge in [-0.25, -0.2) is 4.79 Å². The summed E-state index contributed by atoms with van der Waals surface area (Å²) in [5.74, 6) is -0.145. The first kappa shape index (κ1) is 17.1. The van der Waals surface area contributed by atoms with E-state index in [1.165, 1.54) is 20.6 Å². The summed E-state index contributed by atoms with van der Waals surface area (Å²) in [7, 11) is 2.94. The average molecular weight is 321 g/mol. The molecule has 0 aromatic heterocycles. The SMILES string of the molecule is COc1cccc(C(=O)OCC(=O)NC2CCCCC2)c1OC. The first-order valence-corrected chi connectivity index (χ1v) is 7.83. The maximum Gasteiger partial charge on any atom is 0.342 e. The number of hydrogen-bond donors (Lipinski definition) is 1. The number of ether oxygens (including phenoxy) is 3. The summed E-state index contributed by atoms with van der Waals surface area (Å²) in [4.78, 5) is 24.0. The third-order valence-corrected chi connectivity index (χ3v) is 3.93. The van der Waals surface area contributed by atoms with Crippen molar-refractivity contribution < 1.29 is 23.8 Å². The van der Waals surface area contributed by atoms with E-state index in [1.54, 1.807) is 18.2 Å². The quantitative estimate of drug-likeness (QED) is 0.814. The Hall–Kier alpha value is -2.24. The average Bonchev–Trinajstić information content (AvgIpc) is 2.59. The Morgan fingerprint density at radius 1 is 1.13 bits per heavy atom. The van der Waals surface area contributed by atoms with Gasteiger partial charge in [0.15, 0.2) is 18.1 Å². The van der Waals surface area contributed by atoms with E-state index in [1.807, 2.05) is 0 Å². The molecule has 1 aromatic carbocycles. The van der Waals surface area contributed by atoms with Crippen molar-refractivity contribution in [2.45, 2.75) is 38.1 Å². The molecule has 0 aliphatic heterocycles. The highest BCUT2D eigenvalue weighted by molar-refractivity contribution is 5.94. The maximum atomic E-state index is 12.2. The number of rotatable bonds is 6. The van der Waals surface area contributed by atoms with Crippen molar-refractivity contribution in [2.24, 2.45) is 0 Å². The minimum absolute atomic E-state index is 0.196. The highest BCUT2D eigenvalue weighted by atomic mass is 16.5. The Bertz CT molecular complexity index is 552. The van der Waals surface area contributed by atoms with Crippen molar-refractivity contribution in [3.05, 3.63) is 23.8 Å². The van der Waals surface area contributed by atoms with Crippen molar-refractivity contribution >= 4 is 11.9 Å². The van der Waals surface area contributed by atoms with Crippen LogP contribution in [0.15, 0.2) is 18.2 Å². The van der Waals surface area contributed by atoms with Crippen LogP contribution in [0.2, 0.25) is 0 Å². The van der Waals surface area contributed by atoms with E-state index in [-0.39, 0.29) is 24.1 Å². The molecule has 1 amide bonds. The van der Waals surface area contributed by atoms with Crippen molar-refractivity contribution in [3.63, 3.8) is 0 Å². The van der Waals surface area contributed by atoms with Crippen molar-refractivity contribution in [1.82, 2.24) is 5.32 Å². The predicted octanol–water partition coefficient (Wildman–Crippen LogP) is 2.31. The van der Waals surface area contributed by atoms with Crippen LogP contribution in [0.4, 0.5) is 0 Å². The molecule has 0 unspecified atom stereocenters. The fraction of sp³-hybridized carbons (Fsp3) is 0.529. The second kappa shape index (κ2) is 8.41. The van der Waals surface area contributed by atoms with Crippen LogP contribution < -0.4 is 14.8 Å². The molecular formula is C17H23NO5. The van der Waals surface area contributed by atoms with Crippen LogP contribution in [0.25, 0.3) is 0 Å². The molecular weight excluding hydrogens is 298 g/mol. The van der Waals surface area contributed by atoms with Crippen LogP contribution in [-0.2, 0) is 9.53 Å². The molecule has 6 nitrogen and oxygen atoms in total. The zero-order valence-electron chi connectivity index (χ0n) is 13.6. The van der Waals surface area contributed by atoms with Crippen molar-refractivity contribution in [1.29, 1.82) is 0 Å². The first-order chi connectivity index (χ1) is 11.2. The predicted molar refractivity (Wildman–Crippen MR) is 84.8 cm³/mol. The summed E-state index contributed by atoms with van der Waals surface area (Å²) < 4.78 is 15.4. The summed E-state index contributed by atoms with van der Waals surface area (Å²) in [5.41, 5.74) is 0.234. The Kier molecular flexibility index (Phi) is 6.26. The number of carbonyl (C=O) groups excluding carboxylic acids is 2. The molecule has 0 radical (unpaired) electrons. The third-order valence-electron chi connectivity index (χ3n) is 3.93. The molecule has 1 N–H and O–H groups in total. The van der Waals surface area contributed by atoms with Gasteiger partial charge in [-0.3, -0.25) is 4.79 Å². The van der Waals surface area contributed by atoms with E-state index >= 15 is 0 Å². The van der Waals surface area contributed by atoms with Gasteiger partial charge < -0.3 is 19.5 Å². The standard InChI is InChI=1S/C17H23NO5/c1-21-14-10-6-9-13(16(14)22-2)17(20)23-11-15(19)18-12-7-4-3-5-8-12/h6,9-10,12H,3-5,7-8,11H2,1-2H3,(H,18,19). The van der Waals surface area contributed by atoms with Crippen molar-refractivity contribution in [2.75, 3.05) is 20.8 Å². The highest BCUT2D eigenvalue weighted by Gasteiger charge is 2.20. The molecule has 0 heterocycles. The van der Waals surface area contributed by atoms with E-state index < -0.39 is 5.97 Å². The molecule has 6 heteroatoms. The van der Waals surface area contributed by atoms with Gasteiger partial charge in [0.1, 0.15) is 5.56 Å². The van der Waals surface area contributed by atoms with Gasteiger partial charge in [0.05, 0.1) is 14.2 Å². The maximum absolute atomic E-state index is 12.2. The summed E-state index contributed by atoms with van der Waals surface area (Å²) in [6.45, 7) is -0.296. The zero-order chi connectivity index (χ0) is 16.7. The van der Waals surface area contributed by atoms with Crippen LogP contribution in [0.5, 0.6) is 11.5 Å². The molecule has 126 valence electrons. The van der Waals surface area contributed by atoms with Crippen LogP contribution in [0.1, 0.15) is 42.5 Å². The number of carbonyl (C=O) groups is 2. The Balaban J connectivity index is 1.90. The molecule has 1 aliphatic rings. The minimum Gasteiger partial charge on any atom is -0.493 e. The number of amides is 1. The van der Waals surface area contributed by atoms with E-state index in [4.69, 9.17) is 14.2 Å². The normalized spacial score (nSPS) is 14.9. The summed E-state index contributed by atoms with van der Waals surface area (Å²) in [6, 6.07) is 5.12. The molecule has 0 bridgehead atoms. The molecule has 1 aromatic rings. The Morgan fingerprint density at radius 3 is 2.52 bits per heavy atom. The Labute approximate surface area is 136 Å². The van der Waals surface area contributed by atoms with Gasteiger partial charge in [-0.1, -0.05) is 25.3 Å². The van der Waals surface area contributed by atoms with E-state index in [9.17, 15) is 9.59 Å². The lowest BCUT2D eigenvalue weighted by atomic mass is 9.95. The van der Waals surface area contributed by atoms with Crippen molar-refractivity contribution in [3.8, 4) is 11.5 Å². The summed E-state index contributed by atoms with van der Waals surface area (Å²) in [6.07, 6.45) is 5.46. The number of methoxy groups -OCH3 is 2. The molecule has 1 aliphatic carbocycles. The van der Waals surface area contributed by atoms with Gasteiger partial charge in [-0.2, -0.15) is 0 Å². The summed E-state index contributed by atoms with van der Waals surface area (Å²) in [5, 5.41) is 2.90. The Morgan fingerprint density at radius 2 is 1.87 bits per heavy atom. The van der Waals surface area contributed by atoms with Crippen LogP contribution in [0, 0.1) is 0 Å². The number of esters is 1. The molecule has 2 rings (SSSR count). The second-order valence-corrected chi connectivity index (χ2v) is 5.52. The number of para-hydroxylation sites is 1. The molecule has 0 saturated heterocycles. The lowest BCUT2D eigenvalue weighted by molar-refractivity contribution is -0.125. The van der Waals surface area contributed by atoms with Crippen LogP contribution in [0.3, 0.4) is 0 Å². The van der Waals surface area contributed by atoms with E-state index in [0.717, 1.165) is 25.7 Å². The first-order valence-electron chi connectivity index (χ1n) is 7.83. The van der Waals surface area contributed by atoms with Gasteiger partial charge in [0.2, 0.25) is 0 Å². The second-order valence-electron chi connectivity index (χ2n) is 5.52. The molecule has 23 heavy (non-hydrogen) atoms. The van der Waals surface area contributed by atoms with Gasteiger partial charge in [-0.05, 0) is 25.0 Å². The van der Waals surface area contributed by atoms with Crippen LogP contribution >= 0.6 is 0 Å². The van der Waals surface area contributed by atoms with E-state index in [2.05, 4.69) is 5.32 Å². The minimum atomic E-state index is -0.612. The largest absolute Gasteiger partial charge is 0.493 e. The van der Waals surface area contributed by atoms with Crippen LogP contribution in [-0.4, -0.2) is 38.7 Å². The smallest absolute Gasteiger partial charge is 0.342 e. The number of nitrogens with one attached hydrogen (secondary N) is 1. The lowest BCUT2D eigenvalue weighted by Gasteiger charge is -2.22. The zero-order valence-corrected chi connectivity index (χ0v) is 13.6. The van der Waals surface area contributed by atoms with E-state index in [0.29, 0.717) is 11.5 Å². The van der Waals surface area contributed by atoms with Gasteiger partial charge in [0.25, 0.3) is 5.91 Å². The molecule has 1 fully saturated rings. The lowest BCUT2D eigenvalue weighted by Crippen LogP contribution is -2.38. The summed E-state index contributed by atoms with van der Waals surface area (Å²) >= 11 is 0. The fourth-order valence-electron chi connectivity index (χ4n) is 2.77. The number of benzene rings is 1. The van der Waals surface area contributed by atoms with Gasteiger partial charge in [0, 0.05) is 6.04 Å². The monoisotopic (exact) mass is 321 g/mol. The molecule has 0 atom stereocenters. The third kappa shape index (κ3) is 4.61. The van der Waals surface area contributed by atoms with Gasteiger partial charge in [-0.15, -0.1) is 0 Å². The molecule has 1 saturated carbocycles. The molecule has 0 spiro atoms. The highest BCUT2D eigenvalue weighted by Crippen LogP contribution is 2.31. The number of hydrogen-bond acceptors (Lipinski definition) is 5. The van der Waals surface area contributed by atoms with Gasteiger partial charge >= 0.3 is 5.97 Å². The topological polar surface area (TPSA) is 73.9 Å².